The summed E-state index contributed by atoms with van der Waals surface area (Å²) in [5.74, 6) is 0.791. The first kappa shape index (κ1) is 8.44. The second-order valence-corrected chi connectivity index (χ2v) is 2.95. The molecule has 0 saturated carbocycles. The van der Waals surface area contributed by atoms with E-state index in [2.05, 4.69) is 22.9 Å². The Bertz CT molecular complexity index is 41.8. The monoisotopic (exact) mass is 179 g/mol. The van der Waals surface area contributed by atoms with E-state index in [0.717, 1.165) is 24.2 Å². The van der Waals surface area contributed by atoms with Gasteiger partial charge >= 0.3 is 0 Å². The molecule has 0 rings (SSSR count). The summed E-state index contributed by atoms with van der Waals surface area (Å²) in [7, 11) is 0. The molecule has 8 heavy (non-hydrogen) atoms. The van der Waals surface area contributed by atoms with Crippen molar-refractivity contribution in [3.63, 3.8) is 0 Å². The Labute approximate surface area is 59.8 Å². The highest BCUT2D eigenvalue weighted by Crippen LogP contribution is 2.06. The third kappa shape index (κ3) is 4.60. The van der Waals surface area contributed by atoms with E-state index in [4.69, 9.17) is 5.73 Å². The lowest BCUT2D eigenvalue weighted by molar-refractivity contribution is 0.530. The topological polar surface area (TPSA) is 26.0 Å². The largest absolute Gasteiger partial charge is 0.330 e. The lowest BCUT2D eigenvalue weighted by atomic mass is 10.1. The van der Waals surface area contributed by atoms with E-state index in [1.807, 2.05) is 0 Å². The van der Waals surface area contributed by atoms with Crippen molar-refractivity contribution >= 4 is 15.9 Å². The van der Waals surface area contributed by atoms with E-state index in [1.54, 1.807) is 0 Å². The first-order valence-electron chi connectivity index (χ1n) is 3.07. The number of hydrogen-bond acceptors (Lipinski definition) is 1. The molecule has 0 fully saturated rings. The number of halogens is 1. The summed E-state index contributed by atoms with van der Waals surface area (Å²) >= 11 is 3.38. The first-order chi connectivity index (χ1) is 3.81. The van der Waals surface area contributed by atoms with Crippen LogP contribution < -0.4 is 5.73 Å². The van der Waals surface area contributed by atoms with Gasteiger partial charge in [-0.3, -0.25) is 0 Å². The quantitative estimate of drug-likeness (QED) is 0.655. The SMILES string of the molecule is CC(CCN)CCBr. The second kappa shape index (κ2) is 5.57. The summed E-state index contributed by atoms with van der Waals surface area (Å²) < 4.78 is 0. The van der Waals surface area contributed by atoms with Crippen molar-refractivity contribution in [2.75, 3.05) is 11.9 Å². The van der Waals surface area contributed by atoms with E-state index < -0.39 is 0 Å². The van der Waals surface area contributed by atoms with Crippen molar-refractivity contribution in [1.29, 1.82) is 0 Å². The lowest BCUT2D eigenvalue weighted by Gasteiger charge is -2.04. The fraction of sp³-hybridized carbons (Fsp3) is 1.00. The van der Waals surface area contributed by atoms with Crippen molar-refractivity contribution in [2.45, 2.75) is 19.8 Å². The van der Waals surface area contributed by atoms with Crippen LogP contribution in [0.25, 0.3) is 0 Å². The van der Waals surface area contributed by atoms with Gasteiger partial charge in [-0.25, -0.2) is 0 Å². The maximum atomic E-state index is 5.34. The molecule has 1 unspecified atom stereocenters. The zero-order valence-electron chi connectivity index (χ0n) is 5.36. The van der Waals surface area contributed by atoms with Crippen LogP contribution in [0.15, 0.2) is 0 Å². The van der Waals surface area contributed by atoms with Gasteiger partial charge in [0, 0.05) is 5.33 Å². The molecule has 0 bridgehead atoms. The van der Waals surface area contributed by atoms with E-state index in [-0.39, 0.29) is 0 Å². The van der Waals surface area contributed by atoms with Crippen LogP contribution >= 0.6 is 15.9 Å². The van der Waals surface area contributed by atoms with Gasteiger partial charge in [0.2, 0.25) is 0 Å². The van der Waals surface area contributed by atoms with Gasteiger partial charge in [-0.1, -0.05) is 22.9 Å². The summed E-state index contributed by atoms with van der Waals surface area (Å²) in [5, 5.41) is 1.11. The summed E-state index contributed by atoms with van der Waals surface area (Å²) in [6.07, 6.45) is 2.41. The highest BCUT2D eigenvalue weighted by atomic mass is 79.9. The summed E-state index contributed by atoms with van der Waals surface area (Å²) in [4.78, 5) is 0. The molecule has 0 aliphatic carbocycles. The molecule has 0 aromatic rings. The van der Waals surface area contributed by atoms with E-state index in [9.17, 15) is 0 Å². The molecule has 0 aliphatic heterocycles. The minimum absolute atomic E-state index is 0.791. The van der Waals surface area contributed by atoms with Gasteiger partial charge in [0.1, 0.15) is 0 Å². The maximum absolute atomic E-state index is 5.34. The van der Waals surface area contributed by atoms with Gasteiger partial charge in [0.05, 0.1) is 0 Å². The van der Waals surface area contributed by atoms with Gasteiger partial charge in [-0.15, -0.1) is 0 Å². The zero-order chi connectivity index (χ0) is 6.41. The number of nitrogens with two attached hydrogens (primary N) is 1. The predicted octanol–water partition coefficient (Wildman–Crippen LogP) is 1.76. The molecule has 0 heterocycles. The molecule has 0 radical (unpaired) electrons. The number of alkyl halides is 1. The smallest absolute Gasteiger partial charge is 0.00338 e. The Hall–Kier alpha value is 0.440. The standard InChI is InChI=1S/C6H14BrN/c1-6(2-4-7)3-5-8/h6H,2-5,8H2,1H3. The van der Waals surface area contributed by atoms with Gasteiger partial charge in [-0.05, 0) is 25.3 Å². The Kier molecular flexibility index (Phi) is 5.88. The summed E-state index contributed by atoms with van der Waals surface area (Å²) in [6, 6.07) is 0. The Morgan fingerprint density at radius 3 is 2.50 bits per heavy atom. The fourth-order valence-electron chi connectivity index (χ4n) is 0.615. The predicted molar refractivity (Wildman–Crippen MR) is 41.2 cm³/mol. The van der Waals surface area contributed by atoms with Crippen LogP contribution in [-0.4, -0.2) is 11.9 Å². The third-order valence-electron chi connectivity index (χ3n) is 1.26. The average Bonchev–Trinajstić information content (AvgIpc) is 1.68. The minimum atomic E-state index is 0.791. The molecule has 2 heteroatoms. The van der Waals surface area contributed by atoms with E-state index >= 15 is 0 Å². The molecule has 0 saturated heterocycles. The van der Waals surface area contributed by atoms with Crippen LogP contribution in [0.2, 0.25) is 0 Å². The van der Waals surface area contributed by atoms with Crippen LogP contribution in [-0.2, 0) is 0 Å². The Morgan fingerprint density at radius 2 is 2.12 bits per heavy atom. The van der Waals surface area contributed by atoms with E-state index in [1.165, 1.54) is 6.42 Å². The fourth-order valence-corrected chi connectivity index (χ4v) is 1.40. The zero-order valence-corrected chi connectivity index (χ0v) is 6.95. The van der Waals surface area contributed by atoms with Crippen LogP contribution in [0.3, 0.4) is 0 Å². The molecule has 0 spiro atoms. The highest BCUT2D eigenvalue weighted by Gasteiger charge is 1.96. The second-order valence-electron chi connectivity index (χ2n) is 2.16. The van der Waals surface area contributed by atoms with Gasteiger partial charge in [0.15, 0.2) is 0 Å². The Balaban J connectivity index is 2.92. The van der Waals surface area contributed by atoms with Crippen molar-refractivity contribution in [3.8, 4) is 0 Å². The molecule has 0 aromatic carbocycles. The molecular formula is C6H14BrN. The molecule has 50 valence electrons. The van der Waals surface area contributed by atoms with Crippen molar-refractivity contribution in [2.24, 2.45) is 11.7 Å². The van der Waals surface area contributed by atoms with Crippen LogP contribution in [0.4, 0.5) is 0 Å². The minimum Gasteiger partial charge on any atom is -0.330 e. The lowest BCUT2D eigenvalue weighted by Crippen LogP contribution is -2.05. The maximum Gasteiger partial charge on any atom is 0.00338 e. The normalized spacial score (nSPS) is 13.9. The number of hydrogen-bond donors (Lipinski definition) is 1. The van der Waals surface area contributed by atoms with Crippen molar-refractivity contribution in [1.82, 2.24) is 0 Å². The highest BCUT2D eigenvalue weighted by molar-refractivity contribution is 9.09. The van der Waals surface area contributed by atoms with Crippen molar-refractivity contribution < 1.29 is 0 Å². The summed E-state index contributed by atoms with van der Waals surface area (Å²) in [6.45, 7) is 3.06. The molecule has 0 aromatic heterocycles. The Morgan fingerprint density at radius 1 is 1.50 bits per heavy atom. The molecule has 0 amide bonds. The molecule has 2 N–H and O–H groups in total. The third-order valence-corrected chi connectivity index (χ3v) is 1.72. The first-order valence-corrected chi connectivity index (χ1v) is 4.19. The number of rotatable bonds is 4. The molecular weight excluding hydrogens is 166 g/mol. The molecule has 1 atom stereocenters. The van der Waals surface area contributed by atoms with Crippen molar-refractivity contribution in [3.05, 3.63) is 0 Å². The van der Waals surface area contributed by atoms with Crippen LogP contribution in [0, 0.1) is 5.92 Å². The van der Waals surface area contributed by atoms with Crippen LogP contribution in [0.1, 0.15) is 19.8 Å². The van der Waals surface area contributed by atoms with E-state index in [0.29, 0.717) is 0 Å². The summed E-state index contributed by atoms with van der Waals surface area (Å²) in [5.41, 5.74) is 5.34. The molecule has 0 aliphatic rings. The van der Waals surface area contributed by atoms with Crippen LogP contribution in [0.5, 0.6) is 0 Å². The molecule has 1 nitrogen and oxygen atoms in total. The van der Waals surface area contributed by atoms with Gasteiger partial charge in [0.25, 0.3) is 0 Å². The van der Waals surface area contributed by atoms with Gasteiger partial charge < -0.3 is 5.73 Å². The average molecular weight is 180 g/mol. The van der Waals surface area contributed by atoms with Gasteiger partial charge in [-0.2, -0.15) is 0 Å².